The lowest BCUT2D eigenvalue weighted by molar-refractivity contribution is 0.0600. The van der Waals surface area contributed by atoms with Crippen molar-refractivity contribution in [2.45, 2.75) is 13.5 Å². The number of hydrogen-bond donors (Lipinski definition) is 1. The number of hydrogen-bond acceptors (Lipinski definition) is 4. The van der Waals surface area contributed by atoms with Gasteiger partial charge in [0.2, 0.25) is 0 Å². The molecular weight excluding hydrogens is 192 g/mol. The highest BCUT2D eigenvalue weighted by atomic mass is 16.5. The lowest BCUT2D eigenvalue weighted by Gasteiger charge is -2.10. The van der Waals surface area contributed by atoms with Crippen molar-refractivity contribution >= 4 is 11.7 Å². The molecule has 80 valence electrons. The molecule has 1 aliphatic heterocycles. The number of benzene rings is 1. The molecule has 0 spiro atoms. The zero-order valence-electron chi connectivity index (χ0n) is 9.13. The number of nitrogens with zero attached hydrogens (tertiary/aromatic N) is 1. The van der Waals surface area contributed by atoms with Gasteiger partial charge in [-0.15, -0.1) is 0 Å². The summed E-state index contributed by atoms with van der Waals surface area (Å²) in [7, 11) is 3.37. The van der Waals surface area contributed by atoms with E-state index >= 15 is 0 Å². The average Bonchev–Trinajstić information content (AvgIpc) is 2.59. The maximum absolute atomic E-state index is 11.5. The molecule has 4 heteroatoms. The number of fused-ring (bicyclic) bond motifs is 1. The number of nitrogens with one attached hydrogen (secondary N) is 1. The standard InChI is InChI=1S/C11H14N2O2/c1-7-9(11(14)15-3)5-4-8-6-13(2)12-10(7)8/h4-5,12H,6H2,1-3H3. The number of anilines is 1. The van der Waals surface area contributed by atoms with Crippen LogP contribution in [0.4, 0.5) is 5.69 Å². The third-order valence-electron chi connectivity index (χ3n) is 2.67. The molecule has 4 nitrogen and oxygen atoms in total. The molecule has 1 aliphatic rings. The van der Waals surface area contributed by atoms with Crippen molar-refractivity contribution in [1.29, 1.82) is 0 Å². The van der Waals surface area contributed by atoms with Gasteiger partial charge in [0.1, 0.15) is 0 Å². The molecule has 0 aliphatic carbocycles. The van der Waals surface area contributed by atoms with Gasteiger partial charge in [0, 0.05) is 13.6 Å². The minimum absolute atomic E-state index is 0.286. The molecule has 0 unspecified atom stereocenters. The van der Waals surface area contributed by atoms with Crippen molar-refractivity contribution in [3.63, 3.8) is 0 Å². The second kappa shape index (κ2) is 3.55. The van der Waals surface area contributed by atoms with E-state index in [1.54, 1.807) is 0 Å². The Morgan fingerprint density at radius 3 is 2.93 bits per heavy atom. The van der Waals surface area contributed by atoms with Crippen LogP contribution in [0, 0.1) is 6.92 Å². The summed E-state index contributed by atoms with van der Waals surface area (Å²) in [6.45, 7) is 2.79. The van der Waals surface area contributed by atoms with Crippen LogP contribution in [0.3, 0.4) is 0 Å². The van der Waals surface area contributed by atoms with E-state index in [1.807, 2.05) is 31.1 Å². The molecule has 15 heavy (non-hydrogen) atoms. The van der Waals surface area contributed by atoms with Gasteiger partial charge in [0.15, 0.2) is 0 Å². The Hall–Kier alpha value is -1.55. The van der Waals surface area contributed by atoms with Gasteiger partial charge in [-0.3, -0.25) is 0 Å². The first-order valence-electron chi connectivity index (χ1n) is 4.82. The van der Waals surface area contributed by atoms with Gasteiger partial charge < -0.3 is 10.2 Å². The summed E-state index contributed by atoms with van der Waals surface area (Å²) in [4.78, 5) is 11.5. The van der Waals surface area contributed by atoms with Crippen LogP contribution in [0.5, 0.6) is 0 Å². The molecule has 0 atom stereocenters. The molecule has 1 N–H and O–H groups in total. The first-order chi connectivity index (χ1) is 7.13. The summed E-state index contributed by atoms with van der Waals surface area (Å²) in [5, 5.41) is 1.98. The maximum Gasteiger partial charge on any atom is 0.338 e. The van der Waals surface area contributed by atoms with Crippen molar-refractivity contribution in [2.75, 3.05) is 19.6 Å². The monoisotopic (exact) mass is 206 g/mol. The minimum atomic E-state index is -0.286. The Bertz CT molecular complexity index is 415. The summed E-state index contributed by atoms with van der Waals surface area (Å²) in [5.41, 5.74) is 7.02. The Labute approximate surface area is 88.8 Å². The lowest BCUT2D eigenvalue weighted by Crippen LogP contribution is -2.17. The minimum Gasteiger partial charge on any atom is -0.465 e. The summed E-state index contributed by atoms with van der Waals surface area (Å²) in [6.07, 6.45) is 0. The van der Waals surface area contributed by atoms with Crippen molar-refractivity contribution in [2.24, 2.45) is 0 Å². The number of carbonyl (C=O) groups excluding carboxylic acids is 1. The fraction of sp³-hybridized carbons (Fsp3) is 0.364. The van der Waals surface area contributed by atoms with Crippen LogP contribution in [0.1, 0.15) is 21.5 Å². The van der Waals surface area contributed by atoms with Gasteiger partial charge in [0.05, 0.1) is 18.4 Å². The summed E-state index contributed by atoms with van der Waals surface area (Å²) < 4.78 is 4.72. The third-order valence-corrected chi connectivity index (χ3v) is 2.67. The number of esters is 1. The summed E-state index contributed by atoms with van der Waals surface area (Å²) in [6, 6.07) is 3.78. The quantitative estimate of drug-likeness (QED) is 0.708. The summed E-state index contributed by atoms with van der Waals surface area (Å²) in [5.74, 6) is -0.286. The van der Waals surface area contributed by atoms with Crippen molar-refractivity contribution in [1.82, 2.24) is 5.01 Å². The Balaban J connectivity index is 2.47. The molecule has 0 saturated carbocycles. The van der Waals surface area contributed by atoms with Gasteiger partial charge in [0.25, 0.3) is 0 Å². The molecule has 2 rings (SSSR count). The van der Waals surface area contributed by atoms with E-state index in [-0.39, 0.29) is 5.97 Å². The number of ether oxygens (including phenoxy) is 1. The van der Waals surface area contributed by atoms with Gasteiger partial charge in [-0.05, 0) is 24.1 Å². The first-order valence-corrected chi connectivity index (χ1v) is 4.82. The number of hydrazine groups is 1. The molecule has 1 heterocycles. The van der Waals surface area contributed by atoms with Crippen LogP contribution in [-0.2, 0) is 11.3 Å². The van der Waals surface area contributed by atoms with Gasteiger partial charge >= 0.3 is 5.97 Å². The maximum atomic E-state index is 11.5. The Morgan fingerprint density at radius 2 is 2.27 bits per heavy atom. The van der Waals surface area contributed by atoms with Crippen LogP contribution in [-0.4, -0.2) is 25.1 Å². The average molecular weight is 206 g/mol. The zero-order valence-corrected chi connectivity index (χ0v) is 9.13. The van der Waals surface area contributed by atoms with Gasteiger partial charge in [-0.2, -0.15) is 0 Å². The van der Waals surface area contributed by atoms with Gasteiger partial charge in [-0.25, -0.2) is 9.80 Å². The predicted octanol–water partition coefficient (Wildman–Crippen LogP) is 1.55. The normalized spacial score (nSPS) is 14.6. The highest BCUT2D eigenvalue weighted by Gasteiger charge is 2.21. The van der Waals surface area contributed by atoms with E-state index in [2.05, 4.69) is 5.43 Å². The lowest BCUT2D eigenvalue weighted by atomic mass is 10.0. The number of methoxy groups -OCH3 is 1. The van der Waals surface area contributed by atoms with Crippen molar-refractivity contribution in [3.05, 3.63) is 28.8 Å². The smallest absolute Gasteiger partial charge is 0.338 e. The van der Waals surface area contributed by atoms with Crippen LogP contribution >= 0.6 is 0 Å². The third kappa shape index (κ3) is 1.57. The zero-order chi connectivity index (χ0) is 11.0. The fourth-order valence-corrected chi connectivity index (χ4v) is 1.87. The molecule has 0 saturated heterocycles. The highest BCUT2D eigenvalue weighted by molar-refractivity contribution is 5.93. The van der Waals surface area contributed by atoms with Crippen LogP contribution < -0.4 is 5.43 Å². The highest BCUT2D eigenvalue weighted by Crippen LogP contribution is 2.30. The van der Waals surface area contributed by atoms with Crippen LogP contribution in [0.2, 0.25) is 0 Å². The summed E-state index contributed by atoms with van der Waals surface area (Å²) >= 11 is 0. The second-order valence-electron chi connectivity index (χ2n) is 3.73. The van der Waals surface area contributed by atoms with E-state index < -0.39 is 0 Å². The largest absolute Gasteiger partial charge is 0.465 e. The molecule has 1 aromatic carbocycles. The number of carbonyl (C=O) groups is 1. The van der Waals surface area contributed by atoms with E-state index in [0.29, 0.717) is 5.56 Å². The molecular formula is C11H14N2O2. The topological polar surface area (TPSA) is 41.6 Å². The number of rotatable bonds is 1. The van der Waals surface area contributed by atoms with E-state index in [1.165, 1.54) is 12.7 Å². The Kier molecular flexibility index (Phi) is 2.36. The molecule has 1 aromatic rings. The van der Waals surface area contributed by atoms with Crippen molar-refractivity contribution in [3.8, 4) is 0 Å². The van der Waals surface area contributed by atoms with Gasteiger partial charge in [-0.1, -0.05) is 6.07 Å². The SMILES string of the molecule is COC(=O)c1ccc2c(c1C)NN(C)C2. The molecule has 0 bridgehead atoms. The van der Waals surface area contributed by atoms with E-state index in [9.17, 15) is 4.79 Å². The van der Waals surface area contributed by atoms with Crippen LogP contribution in [0.15, 0.2) is 12.1 Å². The molecule has 0 aromatic heterocycles. The first kappa shape index (κ1) is 9.98. The molecule has 0 amide bonds. The molecule has 0 fully saturated rings. The van der Waals surface area contributed by atoms with E-state index in [0.717, 1.165) is 17.8 Å². The van der Waals surface area contributed by atoms with E-state index in [4.69, 9.17) is 4.74 Å². The predicted molar refractivity (Wildman–Crippen MR) is 57.6 cm³/mol. The second-order valence-corrected chi connectivity index (χ2v) is 3.73. The van der Waals surface area contributed by atoms with Crippen LogP contribution in [0.25, 0.3) is 0 Å². The Morgan fingerprint density at radius 1 is 1.53 bits per heavy atom. The fourth-order valence-electron chi connectivity index (χ4n) is 1.87. The van der Waals surface area contributed by atoms with Crippen molar-refractivity contribution < 1.29 is 9.53 Å². The molecule has 0 radical (unpaired) electrons.